The predicted octanol–water partition coefficient (Wildman–Crippen LogP) is 5.16. The standard InChI is InChI=1S/C19H15F3N4O2S/c1-9(27)10-6-11(19(20,21)22)17(28-3)12(7-10)24-18-25-16-14(29-18)5-4-13-15(16)23-8-26(13)2/h4-8H,1-3H3,(H,24,25). The van der Waals surface area contributed by atoms with Gasteiger partial charge >= 0.3 is 6.18 Å². The van der Waals surface area contributed by atoms with Crippen LogP contribution in [0.25, 0.3) is 21.3 Å². The summed E-state index contributed by atoms with van der Waals surface area (Å²) in [7, 11) is 3.02. The summed E-state index contributed by atoms with van der Waals surface area (Å²) < 4.78 is 48.2. The highest BCUT2D eigenvalue weighted by Gasteiger charge is 2.36. The van der Waals surface area contributed by atoms with Crippen molar-refractivity contribution in [2.45, 2.75) is 13.1 Å². The van der Waals surface area contributed by atoms with Crippen LogP contribution in [0.5, 0.6) is 5.75 Å². The Morgan fingerprint density at radius 1 is 1.24 bits per heavy atom. The Kier molecular flexibility index (Phi) is 4.45. The van der Waals surface area contributed by atoms with E-state index in [4.69, 9.17) is 4.74 Å². The van der Waals surface area contributed by atoms with E-state index in [0.717, 1.165) is 23.4 Å². The van der Waals surface area contributed by atoms with Crippen LogP contribution in [0, 0.1) is 0 Å². The van der Waals surface area contributed by atoms with Gasteiger partial charge in [0.1, 0.15) is 16.6 Å². The van der Waals surface area contributed by atoms with Crippen LogP contribution in [0.2, 0.25) is 0 Å². The molecule has 2 heterocycles. The van der Waals surface area contributed by atoms with E-state index in [1.54, 1.807) is 6.33 Å². The Bertz CT molecular complexity index is 1260. The van der Waals surface area contributed by atoms with Crippen molar-refractivity contribution in [1.29, 1.82) is 0 Å². The molecule has 0 aliphatic carbocycles. The summed E-state index contributed by atoms with van der Waals surface area (Å²) in [6, 6.07) is 5.92. The molecule has 0 unspecified atom stereocenters. The highest BCUT2D eigenvalue weighted by molar-refractivity contribution is 7.22. The summed E-state index contributed by atoms with van der Waals surface area (Å²) in [4.78, 5) is 20.6. The number of ketones is 1. The number of ether oxygens (including phenoxy) is 1. The second kappa shape index (κ2) is 6.73. The second-order valence-corrected chi connectivity index (χ2v) is 7.47. The zero-order chi connectivity index (χ0) is 20.9. The SMILES string of the molecule is COc1c(Nc2nc3c(ccc4c3ncn4C)s2)cc(C(C)=O)cc1C(F)(F)F. The number of carbonyl (C=O) groups excluding carboxylic acids is 1. The molecule has 0 saturated heterocycles. The number of hydrogen-bond acceptors (Lipinski definition) is 6. The van der Waals surface area contributed by atoms with Crippen LogP contribution < -0.4 is 10.1 Å². The highest BCUT2D eigenvalue weighted by atomic mass is 32.1. The summed E-state index contributed by atoms with van der Waals surface area (Å²) >= 11 is 1.27. The lowest BCUT2D eigenvalue weighted by atomic mass is 10.0. The fourth-order valence-electron chi connectivity index (χ4n) is 3.11. The third kappa shape index (κ3) is 3.29. The third-order valence-corrected chi connectivity index (χ3v) is 5.44. The van der Waals surface area contributed by atoms with Gasteiger partial charge in [0.25, 0.3) is 0 Å². The first-order valence-electron chi connectivity index (χ1n) is 8.47. The minimum Gasteiger partial charge on any atom is -0.494 e. The van der Waals surface area contributed by atoms with Crippen molar-refractivity contribution in [2.75, 3.05) is 12.4 Å². The zero-order valence-corrected chi connectivity index (χ0v) is 16.4. The topological polar surface area (TPSA) is 69.0 Å². The van der Waals surface area contributed by atoms with Gasteiger partial charge in [0.2, 0.25) is 0 Å². The predicted molar refractivity (Wildman–Crippen MR) is 105 cm³/mol. The zero-order valence-electron chi connectivity index (χ0n) is 15.6. The number of rotatable bonds is 4. The van der Waals surface area contributed by atoms with Crippen molar-refractivity contribution < 1.29 is 22.7 Å². The smallest absolute Gasteiger partial charge is 0.420 e. The van der Waals surface area contributed by atoms with E-state index in [1.807, 2.05) is 23.7 Å². The average Bonchev–Trinajstić information content (AvgIpc) is 3.23. The van der Waals surface area contributed by atoms with Gasteiger partial charge in [-0.25, -0.2) is 9.97 Å². The number of anilines is 2. The number of benzene rings is 2. The Balaban J connectivity index is 1.86. The number of Topliss-reactive ketones (excluding diaryl/α,β-unsaturated/α-hetero) is 1. The molecule has 4 rings (SSSR count). The second-order valence-electron chi connectivity index (χ2n) is 6.44. The molecule has 0 saturated carbocycles. The maximum atomic E-state index is 13.5. The molecule has 0 radical (unpaired) electrons. The van der Waals surface area contributed by atoms with E-state index in [2.05, 4.69) is 15.3 Å². The molecule has 0 aliphatic rings. The molecule has 0 atom stereocenters. The number of methoxy groups -OCH3 is 1. The van der Waals surface area contributed by atoms with Gasteiger partial charge in [-0.15, -0.1) is 0 Å². The number of halogens is 3. The molecule has 2 aromatic heterocycles. The van der Waals surface area contributed by atoms with E-state index in [-0.39, 0.29) is 11.3 Å². The summed E-state index contributed by atoms with van der Waals surface area (Å²) in [5.41, 5.74) is 1.16. The maximum Gasteiger partial charge on any atom is 0.420 e. The molecule has 0 bridgehead atoms. The van der Waals surface area contributed by atoms with E-state index in [0.29, 0.717) is 16.2 Å². The first-order chi connectivity index (χ1) is 13.7. The highest BCUT2D eigenvalue weighted by Crippen LogP contribution is 2.43. The molecule has 4 aromatic rings. The Labute approximate surface area is 166 Å². The van der Waals surface area contributed by atoms with Crippen LogP contribution in [-0.2, 0) is 13.2 Å². The molecular formula is C19H15F3N4O2S. The lowest BCUT2D eigenvalue weighted by Gasteiger charge is -2.17. The molecule has 0 fully saturated rings. The molecule has 10 heteroatoms. The molecule has 0 spiro atoms. The number of aromatic nitrogens is 3. The molecular weight excluding hydrogens is 405 g/mol. The number of aryl methyl sites for hydroxylation is 1. The Hall–Kier alpha value is -3.14. The Morgan fingerprint density at radius 2 is 2.00 bits per heavy atom. The van der Waals surface area contributed by atoms with Gasteiger partial charge in [-0.3, -0.25) is 4.79 Å². The fourth-order valence-corrected chi connectivity index (χ4v) is 3.99. The number of alkyl halides is 3. The van der Waals surface area contributed by atoms with Gasteiger partial charge in [-0.2, -0.15) is 13.2 Å². The van der Waals surface area contributed by atoms with Crippen LogP contribution >= 0.6 is 11.3 Å². The molecule has 0 amide bonds. The lowest BCUT2D eigenvalue weighted by Crippen LogP contribution is -2.11. The summed E-state index contributed by atoms with van der Waals surface area (Å²) in [5.74, 6) is -0.884. The first-order valence-corrected chi connectivity index (χ1v) is 9.28. The maximum absolute atomic E-state index is 13.5. The lowest BCUT2D eigenvalue weighted by molar-refractivity contribution is -0.138. The summed E-state index contributed by atoms with van der Waals surface area (Å²) in [6.45, 7) is 1.21. The third-order valence-electron chi connectivity index (χ3n) is 4.50. The Morgan fingerprint density at radius 3 is 2.66 bits per heavy atom. The summed E-state index contributed by atoms with van der Waals surface area (Å²) in [5, 5.41) is 3.25. The van der Waals surface area contributed by atoms with Crippen LogP contribution in [0.15, 0.2) is 30.6 Å². The number of imidazole rings is 1. The van der Waals surface area contributed by atoms with Crippen molar-refractivity contribution in [1.82, 2.24) is 14.5 Å². The van der Waals surface area contributed by atoms with Gasteiger partial charge < -0.3 is 14.6 Å². The van der Waals surface area contributed by atoms with Gasteiger partial charge in [0, 0.05) is 12.6 Å². The van der Waals surface area contributed by atoms with Gasteiger partial charge in [-0.1, -0.05) is 11.3 Å². The number of hydrogen-bond donors (Lipinski definition) is 1. The molecule has 6 nitrogen and oxygen atoms in total. The van der Waals surface area contributed by atoms with Crippen molar-refractivity contribution in [3.8, 4) is 5.75 Å². The molecule has 150 valence electrons. The molecule has 29 heavy (non-hydrogen) atoms. The van der Waals surface area contributed by atoms with E-state index < -0.39 is 23.3 Å². The quantitative estimate of drug-likeness (QED) is 0.462. The fraction of sp³-hybridized carbons (Fsp3) is 0.211. The number of fused-ring (bicyclic) bond motifs is 3. The van der Waals surface area contributed by atoms with E-state index in [1.165, 1.54) is 24.3 Å². The van der Waals surface area contributed by atoms with Crippen LogP contribution in [-0.4, -0.2) is 27.4 Å². The molecule has 1 N–H and O–H groups in total. The van der Waals surface area contributed by atoms with Gasteiger partial charge in [-0.05, 0) is 31.2 Å². The van der Waals surface area contributed by atoms with Crippen LogP contribution in [0.1, 0.15) is 22.8 Å². The van der Waals surface area contributed by atoms with Crippen molar-refractivity contribution in [3.63, 3.8) is 0 Å². The largest absolute Gasteiger partial charge is 0.494 e. The van der Waals surface area contributed by atoms with Gasteiger partial charge in [0.15, 0.2) is 16.7 Å². The monoisotopic (exact) mass is 420 g/mol. The van der Waals surface area contributed by atoms with Crippen LogP contribution in [0.4, 0.5) is 24.0 Å². The minimum atomic E-state index is -4.68. The van der Waals surface area contributed by atoms with E-state index >= 15 is 0 Å². The van der Waals surface area contributed by atoms with Crippen molar-refractivity contribution in [3.05, 3.63) is 41.7 Å². The number of carbonyl (C=O) groups is 1. The number of thiazole rings is 1. The summed E-state index contributed by atoms with van der Waals surface area (Å²) in [6.07, 6.45) is -3.01. The number of nitrogens with one attached hydrogen (secondary N) is 1. The van der Waals surface area contributed by atoms with Crippen molar-refractivity contribution in [2.24, 2.45) is 7.05 Å². The normalized spacial score (nSPS) is 11.9. The first kappa shape index (κ1) is 19.2. The van der Waals surface area contributed by atoms with Crippen LogP contribution in [0.3, 0.4) is 0 Å². The number of nitrogens with zero attached hydrogens (tertiary/aromatic N) is 3. The molecule has 2 aromatic carbocycles. The molecule has 0 aliphatic heterocycles. The minimum absolute atomic E-state index is 0.0174. The van der Waals surface area contributed by atoms with E-state index in [9.17, 15) is 18.0 Å². The van der Waals surface area contributed by atoms with Gasteiger partial charge in [0.05, 0.1) is 29.3 Å². The average molecular weight is 420 g/mol. The van der Waals surface area contributed by atoms with Crippen molar-refractivity contribution >= 4 is 49.2 Å².